The van der Waals surface area contributed by atoms with Crippen LogP contribution in [0.4, 0.5) is 0 Å². The minimum absolute atomic E-state index is 0.0137. The molecule has 2 heterocycles. The number of allylic oxidation sites excluding steroid dienone is 1. The van der Waals surface area contributed by atoms with Crippen LogP contribution in [-0.2, 0) is 4.74 Å². The number of methoxy groups -OCH3 is 1. The number of aliphatic imine (C=N–C) groups is 1. The highest BCUT2D eigenvalue weighted by molar-refractivity contribution is 7.80. The number of benzene rings is 1. The molecule has 25 heavy (non-hydrogen) atoms. The highest BCUT2D eigenvalue weighted by atomic mass is 32.1. The molecular formula is C18H16N4O2S. The third kappa shape index (κ3) is 2.46. The Balaban J connectivity index is 1.85. The molecule has 3 aliphatic rings. The summed E-state index contributed by atoms with van der Waals surface area (Å²) in [7, 11) is 1.64. The Kier molecular flexibility index (Phi) is 3.70. The van der Waals surface area contributed by atoms with Gasteiger partial charge in [-0.15, -0.1) is 0 Å². The van der Waals surface area contributed by atoms with Crippen molar-refractivity contribution in [3.8, 4) is 11.9 Å². The van der Waals surface area contributed by atoms with Crippen LogP contribution in [0.15, 0.2) is 52.4 Å². The molecule has 2 aliphatic heterocycles. The Morgan fingerprint density at radius 3 is 3.08 bits per heavy atom. The molecule has 2 unspecified atom stereocenters. The van der Waals surface area contributed by atoms with Gasteiger partial charge in [0.25, 0.3) is 0 Å². The van der Waals surface area contributed by atoms with Gasteiger partial charge in [0, 0.05) is 12.3 Å². The molecule has 0 radical (unpaired) electrons. The molecule has 126 valence electrons. The van der Waals surface area contributed by atoms with Crippen LogP contribution in [0.5, 0.6) is 5.75 Å². The molecule has 7 heteroatoms. The first-order chi connectivity index (χ1) is 12.1. The van der Waals surface area contributed by atoms with Crippen LogP contribution < -0.4 is 10.5 Å². The Morgan fingerprint density at radius 2 is 2.32 bits per heavy atom. The fourth-order valence-electron chi connectivity index (χ4n) is 3.61. The molecule has 0 amide bonds. The van der Waals surface area contributed by atoms with Gasteiger partial charge in [0.15, 0.2) is 17.0 Å². The lowest BCUT2D eigenvalue weighted by Crippen LogP contribution is -2.42. The van der Waals surface area contributed by atoms with Gasteiger partial charge in [-0.05, 0) is 41.9 Å². The molecular weight excluding hydrogens is 336 g/mol. The highest BCUT2D eigenvalue weighted by Crippen LogP contribution is 2.46. The standard InChI is InChI=1S/C18H16N4O2S/c1-23-12-4-2-3-10(7-12)13-8-11-5-6-14(25)24-17(11)15-16(13)22(9-19)18(20)21-15/h2-5,7,13,16H,6,8H2,1H3,(H2,20,21). The molecule has 4 rings (SSSR count). The third-order valence-electron chi connectivity index (χ3n) is 4.75. The van der Waals surface area contributed by atoms with E-state index >= 15 is 0 Å². The van der Waals surface area contributed by atoms with E-state index in [-0.39, 0.29) is 17.9 Å². The van der Waals surface area contributed by atoms with Crippen LogP contribution in [0.2, 0.25) is 0 Å². The molecule has 0 spiro atoms. The van der Waals surface area contributed by atoms with E-state index in [1.54, 1.807) is 7.11 Å². The number of thiocarbonyl (C=S) groups is 1. The van der Waals surface area contributed by atoms with Crippen molar-refractivity contribution in [2.45, 2.75) is 24.8 Å². The number of fused-ring (bicyclic) bond motifs is 2. The normalized spacial score (nSPS) is 24.6. The Bertz CT molecular complexity index is 897. The van der Waals surface area contributed by atoms with E-state index in [0.717, 1.165) is 23.3 Å². The number of guanidine groups is 1. The SMILES string of the molecule is COc1cccc(C2CC3=CCC(=S)OC3=C3N=C(N)N(C#N)C32)c1. The minimum Gasteiger partial charge on any atom is -0.497 e. The van der Waals surface area contributed by atoms with Crippen molar-refractivity contribution >= 4 is 23.2 Å². The second-order valence-electron chi connectivity index (χ2n) is 6.09. The van der Waals surface area contributed by atoms with E-state index in [1.807, 2.05) is 24.3 Å². The molecule has 2 N–H and O–H groups in total. The Hall–Kier alpha value is -2.85. The second-order valence-corrected chi connectivity index (χ2v) is 6.55. The van der Waals surface area contributed by atoms with Crippen molar-refractivity contribution in [3.05, 3.63) is 52.9 Å². The van der Waals surface area contributed by atoms with E-state index < -0.39 is 0 Å². The molecule has 0 fully saturated rings. The summed E-state index contributed by atoms with van der Waals surface area (Å²) in [5.41, 5.74) is 8.79. The van der Waals surface area contributed by atoms with Crippen LogP contribution in [0, 0.1) is 11.5 Å². The van der Waals surface area contributed by atoms with E-state index in [0.29, 0.717) is 22.9 Å². The molecule has 0 saturated heterocycles. The molecule has 1 aromatic carbocycles. The predicted octanol–water partition coefficient (Wildman–Crippen LogP) is 2.55. The molecule has 0 bridgehead atoms. The van der Waals surface area contributed by atoms with Crippen molar-refractivity contribution in [1.29, 1.82) is 5.26 Å². The lowest BCUT2D eigenvalue weighted by Gasteiger charge is -2.35. The lowest BCUT2D eigenvalue weighted by atomic mass is 9.78. The summed E-state index contributed by atoms with van der Waals surface area (Å²) in [6.07, 6.45) is 5.57. The zero-order chi connectivity index (χ0) is 17.6. The number of hydrogen-bond donors (Lipinski definition) is 1. The zero-order valence-electron chi connectivity index (χ0n) is 13.6. The van der Waals surface area contributed by atoms with Crippen LogP contribution in [0.3, 0.4) is 0 Å². The molecule has 0 saturated carbocycles. The predicted molar refractivity (Wildman–Crippen MR) is 96.6 cm³/mol. The smallest absolute Gasteiger partial charge is 0.210 e. The maximum absolute atomic E-state index is 9.58. The van der Waals surface area contributed by atoms with Crippen LogP contribution >= 0.6 is 12.2 Å². The number of nitrogens with two attached hydrogens (primary N) is 1. The summed E-state index contributed by atoms with van der Waals surface area (Å²) in [4.78, 5) is 5.87. The van der Waals surface area contributed by atoms with Gasteiger partial charge in [-0.2, -0.15) is 5.26 Å². The number of rotatable bonds is 2. The highest BCUT2D eigenvalue weighted by Gasteiger charge is 2.45. The van der Waals surface area contributed by atoms with Gasteiger partial charge < -0.3 is 15.2 Å². The summed E-state index contributed by atoms with van der Waals surface area (Å²) in [5.74, 6) is 1.63. The van der Waals surface area contributed by atoms with Crippen molar-refractivity contribution < 1.29 is 9.47 Å². The fraction of sp³-hybridized carbons (Fsp3) is 0.278. The molecule has 0 aromatic heterocycles. The van der Waals surface area contributed by atoms with Crippen molar-refractivity contribution in [3.63, 3.8) is 0 Å². The molecule has 2 atom stereocenters. The van der Waals surface area contributed by atoms with E-state index in [1.165, 1.54) is 4.90 Å². The average molecular weight is 352 g/mol. The average Bonchev–Trinajstić information content (AvgIpc) is 2.97. The minimum atomic E-state index is -0.301. The summed E-state index contributed by atoms with van der Waals surface area (Å²) in [5, 5.41) is 10.1. The maximum atomic E-state index is 9.58. The van der Waals surface area contributed by atoms with E-state index in [4.69, 9.17) is 27.4 Å². The molecule has 1 aliphatic carbocycles. The Morgan fingerprint density at radius 1 is 1.48 bits per heavy atom. The number of nitriles is 1. The zero-order valence-corrected chi connectivity index (χ0v) is 14.4. The number of ether oxygens (including phenoxy) is 2. The first kappa shape index (κ1) is 15.7. The van der Waals surface area contributed by atoms with Gasteiger partial charge in [0.1, 0.15) is 17.5 Å². The van der Waals surface area contributed by atoms with Crippen molar-refractivity contribution in [1.82, 2.24) is 4.90 Å². The maximum Gasteiger partial charge on any atom is 0.210 e. The van der Waals surface area contributed by atoms with Crippen LogP contribution in [0.1, 0.15) is 24.3 Å². The van der Waals surface area contributed by atoms with E-state index in [2.05, 4.69) is 17.3 Å². The largest absolute Gasteiger partial charge is 0.497 e. The van der Waals surface area contributed by atoms with Gasteiger partial charge in [0.2, 0.25) is 5.96 Å². The first-order valence-corrected chi connectivity index (χ1v) is 8.34. The molecule has 6 nitrogen and oxygen atoms in total. The van der Waals surface area contributed by atoms with Gasteiger partial charge in [-0.25, -0.2) is 9.89 Å². The van der Waals surface area contributed by atoms with Crippen LogP contribution in [0.25, 0.3) is 0 Å². The molecule has 1 aromatic rings. The van der Waals surface area contributed by atoms with Gasteiger partial charge >= 0.3 is 0 Å². The number of hydrogen-bond acceptors (Lipinski definition) is 7. The van der Waals surface area contributed by atoms with Crippen LogP contribution in [-0.4, -0.2) is 29.1 Å². The lowest BCUT2D eigenvalue weighted by molar-refractivity contribution is 0.335. The monoisotopic (exact) mass is 352 g/mol. The number of nitrogens with zero attached hydrogens (tertiary/aromatic N) is 3. The van der Waals surface area contributed by atoms with Gasteiger partial charge in [-0.1, -0.05) is 18.2 Å². The third-order valence-corrected chi connectivity index (χ3v) is 5.00. The van der Waals surface area contributed by atoms with Crippen molar-refractivity contribution in [2.24, 2.45) is 10.7 Å². The quantitative estimate of drug-likeness (QED) is 0.650. The summed E-state index contributed by atoms with van der Waals surface area (Å²) in [6.45, 7) is 0. The summed E-state index contributed by atoms with van der Waals surface area (Å²) >= 11 is 5.20. The van der Waals surface area contributed by atoms with Gasteiger partial charge in [0.05, 0.1) is 7.11 Å². The van der Waals surface area contributed by atoms with E-state index in [9.17, 15) is 5.26 Å². The van der Waals surface area contributed by atoms with Gasteiger partial charge in [-0.3, -0.25) is 0 Å². The summed E-state index contributed by atoms with van der Waals surface area (Å²) in [6, 6.07) is 7.58. The second kappa shape index (κ2) is 5.90. The first-order valence-electron chi connectivity index (χ1n) is 7.93. The summed E-state index contributed by atoms with van der Waals surface area (Å²) < 4.78 is 11.1. The fourth-order valence-corrected chi connectivity index (χ4v) is 3.78. The Labute approximate surface area is 150 Å². The topological polar surface area (TPSA) is 83.9 Å². The van der Waals surface area contributed by atoms with Crippen molar-refractivity contribution in [2.75, 3.05) is 7.11 Å².